The Kier molecular flexibility index (Phi) is 9.08. The van der Waals surface area contributed by atoms with Crippen molar-refractivity contribution in [2.75, 3.05) is 41.7 Å². The lowest BCUT2D eigenvalue weighted by Crippen LogP contribution is -2.50. The second-order valence-electron chi connectivity index (χ2n) is 14.4. The number of hydrogen-bond acceptors (Lipinski definition) is 8. The van der Waals surface area contributed by atoms with E-state index in [9.17, 15) is 14.4 Å². The number of carbonyl (C=O) groups excluding carboxylic acids is 3. The Morgan fingerprint density at radius 3 is 2.21 bits per heavy atom. The zero-order valence-corrected chi connectivity index (χ0v) is 29.2. The van der Waals surface area contributed by atoms with Crippen LogP contribution in [0.5, 0.6) is 0 Å². The van der Waals surface area contributed by atoms with Crippen molar-refractivity contribution in [1.29, 1.82) is 0 Å². The number of rotatable bonds is 6. The second kappa shape index (κ2) is 13.1. The van der Waals surface area contributed by atoms with Crippen LogP contribution in [-0.2, 0) is 9.47 Å². The van der Waals surface area contributed by atoms with Gasteiger partial charge in [-0.3, -0.25) is 10.1 Å². The van der Waals surface area contributed by atoms with Crippen molar-refractivity contribution in [2.45, 2.75) is 71.5 Å². The SMILES string of the molecule is CC(C)(C)OC(=O)Nc1ccc(-c2cccs2)cc1NC(=O)c1cc(C2CC2)c2nc(N3CCN(C(=O)OC(C)(C)C)CC3)ccc2c1. The molecule has 1 saturated heterocycles. The lowest BCUT2D eigenvalue weighted by atomic mass is 10.0. The number of aromatic nitrogens is 1. The topological polar surface area (TPSA) is 113 Å². The molecule has 3 amide bonds. The van der Waals surface area contributed by atoms with Gasteiger partial charge in [-0.15, -0.1) is 11.3 Å². The molecule has 2 N–H and O–H groups in total. The highest BCUT2D eigenvalue weighted by atomic mass is 32.1. The normalized spacial score (nSPS) is 15.3. The van der Waals surface area contributed by atoms with Gasteiger partial charge >= 0.3 is 12.2 Å². The number of anilines is 3. The molecule has 10 nitrogen and oxygen atoms in total. The molecule has 11 heteroatoms. The fraction of sp³-hybridized carbons (Fsp3) is 0.405. The van der Waals surface area contributed by atoms with Crippen LogP contribution in [0, 0.1) is 0 Å². The van der Waals surface area contributed by atoms with Gasteiger partial charge in [-0.25, -0.2) is 14.6 Å². The number of amides is 3. The summed E-state index contributed by atoms with van der Waals surface area (Å²) >= 11 is 1.60. The summed E-state index contributed by atoms with van der Waals surface area (Å²) in [5.74, 6) is 0.920. The molecule has 6 rings (SSSR count). The molecule has 2 aromatic carbocycles. The molecule has 0 unspecified atom stereocenters. The fourth-order valence-corrected chi connectivity index (χ4v) is 6.39. The molecule has 4 aromatic rings. The van der Waals surface area contributed by atoms with Crippen molar-refractivity contribution in [3.63, 3.8) is 0 Å². The highest BCUT2D eigenvalue weighted by molar-refractivity contribution is 7.13. The smallest absolute Gasteiger partial charge is 0.412 e. The van der Waals surface area contributed by atoms with E-state index in [4.69, 9.17) is 14.5 Å². The van der Waals surface area contributed by atoms with E-state index in [0.29, 0.717) is 49.0 Å². The Hall–Kier alpha value is -4.64. The molecule has 0 bridgehead atoms. The van der Waals surface area contributed by atoms with E-state index < -0.39 is 17.3 Å². The van der Waals surface area contributed by atoms with Crippen molar-refractivity contribution in [2.24, 2.45) is 0 Å². The van der Waals surface area contributed by atoms with Crippen molar-refractivity contribution in [3.05, 3.63) is 71.1 Å². The fourth-order valence-electron chi connectivity index (χ4n) is 5.67. The van der Waals surface area contributed by atoms with Crippen LogP contribution in [0.15, 0.2) is 60.0 Å². The van der Waals surface area contributed by atoms with Gasteiger partial charge in [0.1, 0.15) is 17.0 Å². The van der Waals surface area contributed by atoms with Crippen molar-refractivity contribution >= 4 is 57.5 Å². The molecule has 1 aliphatic carbocycles. The number of nitrogens with one attached hydrogen (secondary N) is 2. The Labute approximate surface area is 285 Å². The highest BCUT2D eigenvalue weighted by Crippen LogP contribution is 2.44. The third-order valence-corrected chi connectivity index (χ3v) is 8.97. The maximum absolute atomic E-state index is 13.9. The van der Waals surface area contributed by atoms with Crippen LogP contribution in [0.1, 0.15) is 76.2 Å². The zero-order chi connectivity index (χ0) is 34.2. The lowest BCUT2D eigenvalue weighted by molar-refractivity contribution is 0.0240. The molecular weight excluding hydrogens is 627 g/mol. The van der Waals surface area contributed by atoms with Crippen LogP contribution in [0.25, 0.3) is 21.3 Å². The van der Waals surface area contributed by atoms with E-state index in [1.807, 2.05) is 74.7 Å². The summed E-state index contributed by atoms with van der Waals surface area (Å²) in [5.41, 5.74) is 3.13. The minimum absolute atomic E-state index is 0.281. The monoisotopic (exact) mass is 669 g/mol. The average molecular weight is 670 g/mol. The van der Waals surface area contributed by atoms with Crippen LogP contribution < -0.4 is 15.5 Å². The number of ether oxygens (including phenoxy) is 2. The molecule has 2 aliphatic rings. The lowest BCUT2D eigenvalue weighted by Gasteiger charge is -2.36. The minimum Gasteiger partial charge on any atom is -0.444 e. The summed E-state index contributed by atoms with van der Waals surface area (Å²) in [4.78, 5) is 49.2. The second-order valence-corrected chi connectivity index (χ2v) is 15.3. The minimum atomic E-state index is -0.670. The molecule has 0 spiro atoms. The van der Waals surface area contributed by atoms with Crippen molar-refractivity contribution < 1.29 is 23.9 Å². The first-order chi connectivity index (χ1) is 22.7. The zero-order valence-electron chi connectivity index (χ0n) is 28.4. The molecule has 3 heterocycles. The summed E-state index contributed by atoms with van der Waals surface area (Å²) in [7, 11) is 0. The highest BCUT2D eigenvalue weighted by Gasteiger charge is 2.30. The molecule has 2 fully saturated rings. The maximum atomic E-state index is 13.9. The van der Waals surface area contributed by atoms with E-state index in [-0.39, 0.29) is 12.0 Å². The van der Waals surface area contributed by atoms with E-state index in [1.165, 1.54) is 0 Å². The molecule has 2 aromatic heterocycles. The van der Waals surface area contributed by atoms with E-state index in [0.717, 1.165) is 45.6 Å². The predicted molar refractivity (Wildman–Crippen MR) is 191 cm³/mol. The van der Waals surface area contributed by atoms with Crippen LogP contribution >= 0.6 is 11.3 Å². The van der Waals surface area contributed by atoms with Gasteiger partial charge in [-0.2, -0.15) is 0 Å². The first kappa shape index (κ1) is 33.3. The van der Waals surface area contributed by atoms with Crippen molar-refractivity contribution in [3.8, 4) is 10.4 Å². The van der Waals surface area contributed by atoms with Gasteiger partial charge in [-0.05, 0) is 119 Å². The van der Waals surface area contributed by atoms with Crippen molar-refractivity contribution in [1.82, 2.24) is 9.88 Å². The van der Waals surface area contributed by atoms with Gasteiger partial charge < -0.3 is 24.6 Å². The number of fused-ring (bicyclic) bond motifs is 1. The molecule has 1 saturated carbocycles. The Morgan fingerprint density at radius 2 is 1.56 bits per heavy atom. The summed E-state index contributed by atoms with van der Waals surface area (Å²) in [6.07, 6.45) is 1.21. The first-order valence-corrected chi connectivity index (χ1v) is 17.3. The van der Waals surface area contributed by atoms with Crippen LogP contribution in [0.3, 0.4) is 0 Å². The molecule has 48 heavy (non-hydrogen) atoms. The van der Waals surface area contributed by atoms with Crippen LogP contribution in [-0.4, -0.2) is 65.4 Å². The summed E-state index contributed by atoms with van der Waals surface area (Å²) in [6, 6.07) is 17.4. The number of piperazine rings is 1. The number of nitrogens with zero attached hydrogens (tertiary/aromatic N) is 3. The summed E-state index contributed by atoms with van der Waals surface area (Å²) in [6.45, 7) is 13.4. The third kappa shape index (κ3) is 8.07. The van der Waals surface area contributed by atoms with Crippen LogP contribution in [0.4, 0.5) is 26.8 Å². The Morgan fingerprint density at radius 1 is 0.833 bits per heavy atom. The van der Waals surface area contributed by atoms with Gasteiger partial charge in [0, 0.05) is 42.0 Å². The number of hydrogen-bond donors (Lipinski definition) is 2. The molecule has 0 atom stereocenters. The number of pyridine rings is 1. The average Bonchev–Trinajstić information content (AvgIpc) is 3.72. The molecule has 1 aliphatic heterocycles. The van der Waals surface area contributed by atoms with E-state index in [1.54, 1.807) is 43.1 Å². The van der Waals surface area contributed by atoms with Gasteiger partial charge in [0.25, 0.3) is 5.91 Å². The van der Waals surface area contributed by atoms with Gasteiger partial charge in [0.2, 0.25) is 0 Å². The Balaban J connectivity index is 1.24. The number of benzene rings is 2. The standard InChI is InChI=1S/C37H43N5O5S/c1-36(2,3)46-34(44)39-28-13-11-24(30-8-7-19-48-30)22-29(28)38-33(43)26-20-25-12-14-31(40-32(25)27(21-26)23-9-10-23)41-15-17-42(18-16-41)35(45)47-37(4,5)6/h7-8,11-14,19-23H,9-10,15-18H2,1-6H3,(H,38,43)(H,39,44). The van der Waals surface area contributed by atoms with Gasteiger partial charge in [0.05, 0.1) is 16.9 Å². The summed E-state index contributed by atoms with van der Waals surface area (Å²) < 4.78 is 11.0. The quantitative estimate of drug-likeness (QED) is 0.212. The molecular formula is C37H43N5O5S. The number of carbonyl (C=O) groups is 3. The maximum Gasteiger partial charge on any atom is 0.412 e. The predicted octanol–water partition coefficient (Wildman–Crippen LogP) is 8.50. The summed E-state index contributed by atoms with van der Waals surface area (Å²) in [5, 5.41) is 8.76. The van der Waals surface area contributed by atoms with E-state index >= 15 is 0 Å². The first-order valence-electron chi connectivity index (χ1n) is 16.4. The largest absolute Gasteiger partial charge is 0.444 e. The van der Waals surface area contributed by atoms with Gasteiger partial charge in [0.15, 0.2) is 0 Å². The molecule has 0 radical (unpaired) electrons. The molecule has 252 valence electrons. The van der Waals surface area contributed by atoms with Crippen LogP contribution in [0.2, 0.25) is 0 Å². The third-order valence-electron chi connectivity index (χ3n) is 8.05. The van der Waals surface area contributed by atoms with E-state index in [2.05, 4.69) is 15.5 Å². The Bertz CT molecular complexity index is 1830. The number of thiophene rings is 1. The van der Waals surface area contributed by atoms with Gasteiger partial charge in [-0.1, -0.05) is 12.1 Å².